The summed E-state index contributed by atoms with van der Waals surface area (Å²) in [6.45, 7) is 3.80. The van der Waals surface area contributed by atoms with Crippen LogP contribution >= 0.6 is 23.2 Å². The van der Waals surface area contributed by atoms with Crippen LogP contribution in [0.15, 0.2) is 36.4 Å². The van der Waals surface area contributed by atoms with Crippen molar-refractivity contribution in [3.8, 4) is 0 Å². The van der Waals surface area contributed by atoms with Crippen LogP contribution in [0.5, 0.6) is 0 Å². The molecule has 25 heavy (non-hydrogen) atoms. The van der Waals surface area contributed by atoms with Gasteiger partial charge in [-0.1, -0.05) is 23.2 Å². The summed E-state index contributed by atoms with van der Waals surface area (Å²) in [4.78, 5) is 16.8. The summed E-state index contributed by atoms with van der Waals surface area (Å²) in [7, 11) is 2.10. The first kappa shape index (κ1) is 18.0. The number of halogens is 3. The molecule has 0 spiro atoms. The second-order valence-electron chi connectivity index (χ2n) is 6.04. The summed E-state index contributed by atoms with van der Waals surface area (Å²) in [5, 5.41) is 3.25. The van der Waals surface area contributed by atoms with Crippen molar-refractivity contribution in [1.29, 1.82) is 0 Å². The molecule has 7 heteroatoms. The van der Waals surface area contributed by atoms with Gasteiger partial charge in [0.15, 0.2) is 0 Å². The highest BCUT2D eigenvalue weighted by atomic mass is 35.5. The van der Waals surface area contributed by atoms with E-state index in [-0.39, 0.29) is 16.5 Å². The third-order valence-electron chi connectivity index (χ3n) is 4.23. The van der Waals surface area contributed by atoms with E-state index in [4.69, 9.17) is 23.2 Å². The molecule has 1 saturated heterocycles. The maximum atomic E-state index is 13.2. The minimum Gasteiger partial charge on any atom is -0.368 e. The van der Waals surface area contributed by atoms with Gasteiger partial charge < -0.3 is 15.1 Å². The van der Waals surface area contributed by atoms with Gasteiger partial charge in [-0.15, -0.1) is 0 Å². The lowest BCUT2D eigenvalue weighted by Crippen LogP contribution is -2.44. The third-order valence-corrected chi connectivity index (χ3v) is 4.82. The van der Waals surface area contributed by atoms with Crippen LogP contribution in [0.25, 0.3) is 0 Å². The van der Waals surface area contributed by atoms with Gasteiger partial charge in [-0.05, 0) is 43.4 Å². The Morgan fingerprint density at radius 2 is 1.76 bits per heavy atom. The molecule has 1 aliphatic rings. The first-order valence-electron chi connectivity index (χ1n) is 7.93. The molecule has 1 heterocycles. The van der Waals surface area contributed by atoms with Crippen molar-refractivity contribution in [2.24, 2.45) is 0 Å². The van der Waals surface area contributed by atoms with Crippen LogP contribution in [0, 0.1) is 5.82 Å². The largest absolute Gasteiger partial charge is 0.368 e. The van der Waals surface area contributed by atoms with Crippen LogP contribution in [0.4, 0.5) is 15.8 Å². The molecule has 1 N–H and O–H groups in total. The lowest BCUT2D eigenvalue weighted by Gasteiger charge is -2.34. The molecule has 1 amide bonds. The Balaban J connectivity index is 1.72. The molecule has 2 aromatic carbocycles. The minimum atomic E-state index is -0.558. The van der Waals surface area contributed by atoms with E-state index in [1.807, 2.05) is 12.1 Å². The van der Waals surface area contributed by atoms with Crippen molar-refractivity contribution in [2.45, 2.75) is 0 Å². The molecule has 1 fully saturated rings. The zero-order valence-electron chi connectivity index (χ0n) is 13.7. The summed E-state index contributed by atoms with van der Waals surface area (Å²) < 4.78 is 13.2. The van der Waals surface area contributed by atoms with Crippen molar-refractivity contribution < 1.29 is 9.18 Å². The molecule has 3 rings (SSSR count). The molecule has 0 saturated carbocycles. The number of piperazine rings is 1. The molecule has 0 radical (unpaired) electrons. The second kappa shape index (κ2) is 7.60. The van der Waals surface area contributed by atoms with Crippen LogP contribution in [0.3, 0.4) is 0 Å². The number of hydrogen-bond acceptors (Lipinski definition) is 3. The summed E-state index contributed by atoms with van der Waals surface area (Å²) in [6, 6.07) is 9.28. The van der Waals surface area contributed by atoms with Crippen LogP contribution < -0.4 is 10.2 Å². The summed E-state index contributed by atoms with van der Waals surface area (Å²) >= 11 is 12.1. The number of benzene rings is 2. The van der Waals surface area contributed by atoms with Crippen molar-refractivity contribution >= 4 is 40.5 Å². The average molecular weight is 382 g/mol. The minimum absolute atomic E-state index is 0.0869. The zero-order chi connectivity index (χ0) is 18.0. The third kappa shape index (κ3) is 4.24. The van der Waals surface area contributed by atoms with Gasteiger partial charge in [0, 0.05) is 37.4 Å². The Kier molecular flexibility index (Phi) is 5.47. The van der Waals surface area contributed by atoms with Gasteiger partial charge in [-0.25, -0.2) is 4.39 Å². The number of nitrogens with zero attached hydrogens (tertiary/aromatic N) is 2. The molecule has 0 aromatic heterocycles. The zero-order valence-corrected chi connectivity index (χ0v) is 15.2. The Bertz CT molecular complexity index is 792. The number of carbonyl (C=O) groups is 1. The predicted molar refractivity (Wildman–Crippen MR) is 101 cm³/mol. The van der Waals surface area contributed by atoms with Crippen molar-refractivity contribution in [3.63, 3.8) is 0 Å². The highest BCUT2D eigenvalue weighted by Gasteiger charge is 2.17. The van der Waals surface area contributed by atoms with E-state index in [0.29, 0.717) is 10.7 Å². The number of hydrogen-bond donors (Lipinski definition) is 1. The number of carbonyl (C=O) groups excluding carboxylic acids is 1. The number of likely N-dealkylation sites (N-methyl/N-ethyl adjacent to an activating group) is 1. The van der Waals surface area contributed by atoms with E-state index < -0.39 is 5.82 Å². The molecule has 4 nitrogen and oxygen atoms in total. The van der Waals surface area contributed by atoms with Gasteiger partial charge in [-0.3, -0.25) is 4.79 Å². The average Bonchev–Trinajstić information content (AvgIpc) is 2.58. The first-order valence-corrected chi connectivity index (χ1v) is 8.69. The fraction of sp³-hybridized carbons (Fsp3) is 0.278. The number of rotatable bonds is 3. The Labute approximate surface area is 156 Å². The van der Waals surface area contributed by atoms with Crippen LogP contribution in [0.2, 0.25) is 10.0 Å². The molecule has 2 aromatic rings. The molecular weight excluding hydrogens is 364 g/mol. The molecule has 0 unspecified atom stereocenters. The van der Waals surface area contributed by atoms with E-state index in [1.165, 1.54) is 18.2 Å². The van der Waals surface area contributed by atoms with Crippen LogP contribution in [-0.2, 0) is 0 Å². The normalized spacial score (nSPS) is 15.3. The van der Waals surface area contributed by atoms with Gasteiger partial charge >= 0.3 is 0 Å². The maximum Gasteiger partial charge on any atom is 0.255 e. The van der Waals surface area contributed by atoms with Crippen LogP contribution in [-0.4, -0.2) is 44.0 Å². The lowest BCUT2D eigenvalue weighted by atomic mass is 10.2. The highest BCUT2D eigenvalue weighted by molar-refractivity contribution is 6.33. The topological polar surface area (TPSA) is 35.6 Å². The van der Waals surface area contributed by atoms with Gasteiger partial charge in [0.2, 0.25) is 0 Å². The summed E-state index contributed by atoms with van der Waals surface area (Å²) in [5.74, 6) is -0.928. The smallest absolute Gasteiger partial charge is 0.255 e. The van der Waals surface area contributed by atoms with Crippen molar-refractivity contribution in [2.75, 3.05) is 43.4 Å². The number of nitrogens with one attached hydrogen (secondary N) is 1. The standard InChI is InChI=1S/C18H18Cl2FN3O/c1-23-6-8-24(9-7-23)17-5-3-13(11-15(17)20)22-18(25)12-2-4-16(21)14(19)10-12/h2-5,10-11H,6-9H2,1H3,(H,22,25). The van der Waals surface area contributed by atoms with Gasteiger partial charge in [0.05, 0.1) is 15.7 Å². The quantitative estimate of drug-likeness (QED) is 0.867. The Hall–Kier alpha value is -1.82. The van der Waals surface area contributed by atoms with E-state index >= 15 is 0 Å². The fourth-order valence-electron chi connectivity index (χ4n) is 2.73. The lowest BCUT2D eigenvalue weighted by molar-refractivity contribution is 0.102. The van der Waals surface area contributed by atoms with Crippen molar-refractivity contribution in [1.82, 2.24) is 4.90 Å². The second-order valence-corrected chi connectivity index (χ2v) is 6.85. The molecule has 0 bridgehead atoms. The van der Waals surface area contributed by atoms with Crippen molar-refractivity contribution in [3.05, 3.63) is 57.8 Å². The van der Waals surface area contributed by atoms with E-state index in [9.17, 15) is 9.18 Å². The predicted octanol–water partition coefficient (Wildman–Crippen LogP) is 4.14. The summed E-state index contributed by atoms with van der Waals surface area (Å²) in [5.41, 5.74) is 1.82. The molecule has 132 valence electrons. The first-order chi connectivity index (χ1) is 11.9. The summed E-state index contributed by atoms with van der Waals surface area (Å²) in [6.07, 6.45) is 0. The van der Waals surface area contributed by atoms with Gasteiger partial charge in [0.25, 0.3) is 5.91 Å². The molecular formula is C18H18Cl2FN3O. The van der Waals surface area contributed by atoms with Crippen LogP contribution in [0.1, 0.15) is 10.4 Å². The fourth-order valence-corrected chi connectivity index (χ4v) is 3.21. The molecule has 0 atom stereocenters. The Morgan fingerprint density at radius 1 is 1.04 bits per heavy atom. The van der Waals surface area contributed by atoms with E-state index in [1.54, 1.807) is 6.07 Å². The maximum absolute atomic E-state index is 13.2. The Morgan fingerprint density at radius 3 is 2.40 bits per heavy atom. The number of anilines is 2. The van der Waals surface area contributed by atoms with Gasteiger partial charge in [0.1, 0.15) is 5.82 Å². The highest BCUT2D eigenvalue weighted by Crippen LogP contribution is 2.30. The molecule has 1 aliphatic heterocycles. The monoisotopic (exact) mass is 381 g/mol. The SMILES string of the molecule is CN1CCN(c2ccc(NC(=O)c3ccc(F)c(Cl)c3)cc2Cl)CC1. The van der Waals surface area contributed by atoms with E-state index in [0.717, 1.165) is 31.9 Å². The molecule has 0 aliphatic carbocycles. The van der Waals surface area contributed by atoms with E-state index in [2.05, 4.69) is 22.2 Å². The van der Waals surface area contributed by atoms with Gasteiger partial charge in [-0.2, -0.15) is 0 Å². The number of amides is 1.